The van der Waals surface area contributed by atoms with Gasteiger partial charge in [0.25, 0.3) is 0 Å². The number of nitrogens with zero attached hydrogens (tertiary/aromatic N) is 2. The smallest absolute Gasteiger partial charge is 0.331 e. The van der Waals surface area contributed by atoms with Crippen molar-refractivity contribution in [3.8, 4) is 0 Å². The lowest BCUT2D eigenvalue weighted by atomic mass is 9.94. The van der Waals surface area contributed by atoms with Crippen LogP contribution in [0.15, 0.2) is 0 Å². The van der Waals surface area contributed by atoms with Crippen LogP contribution in [0.4, 0.5) is 0 Å². The highest BCUT2D eigenvalue weighted by molar-refractivity contribution is 5.87. The van der Waals surface area contributed by atoms with E-state index in [1.165, 1.54) is 11.8 Å². The lowest BCUT2D eigenvalue weighted by molar-refractivity contribution is -0.160. The Morgan fingerprint density at radius 1 is 1.28 bits per heavy atom. The molecule has 1 atom stereocenters. The molecule has 1 amide bonds. The standard InChI is InChI=1S/C13H24N2O3/c1-9(2)14-7-6-13(8-14,12(17)18)15(10(3)4)11(5)16/h9-10H,6-8H2,1-5H3,(H,17,18). The van der Waals surface area contributed by atoms with E-state index in [9.17, 15) is 14.7 Å². The Bertz CT molecular complexity index is 341. The minimum absolute atomic E-state index is 0.106. The zero-order chi connectivity index (χ0) is 14.1. The molecule has 1 fully saturated rings. The average Bonchev–Trinajstić information content (AvgIpc) is 2.62. The summed E-state index contributed by atoms with van der Waals surface area (Å²) in [6.07, 6.45) is 0.498. The first-order chi connectivity index (χ1) is 8.22. The fourth-order valence-corrected chi connectivity index (χ4v) is 2.90. The number of carbonyl (C=O) groups excluding carboxylic acids is 1. The van der Waals surface area contributed by atoms with Crippen molar-refractivity contribution in [3.63, 3.8) is 0 Å². The molecule has 1 saturated heterocycles. The SMILES string of the molecule is CC(=O)N(C(C)C)C1(C(=O)O)CCN(C(C)C)C1. The van der Waals surface area contributed by atoms with E-state index in [0.29, 0.717) is 19.0 Å². The summed E-state index contributed by atoms with van der Waals surface area (Å²) >= 11 is 0. The monoisotopic (exact) mass is 256 g/mol. The molecular weight excluding hydrogens is 232 g/mol. The number of aliphatic carboxylic acids is 1. The maximum absolute atomic E-state index is 11.8. The molecule has 1 N–H and O–H groups in total. The molecule has 5 nitrogen and oxygen atoms in total. The second kappa shape index (κ2) is 5.26. The van der Waals surface area contributed by atoms with Crippen LogP contribution in [-0.2, 0) is 9.59 Å². The summed E-state index contributed by atoms with van der Waals surface area (Å²) in [6.45, 7) is 10.4. The molecule has 1 unspecified atom stereocenters. The summed E-state index contributed by atoms with van der Waals surface area (Å²) in [4.78, 5) is 27.2. The number of hydrogen-bond acceptors (Lipinski definition) is 3. The quantitative estimate of drug-likeness (QED) is 0.820. The molecule has 0 aliphatic carbocycles. The third kappa shape index (κ3) is 2.51. The maximum Gasteiger partial charge on any atom is 0.331 e. The van der Waals surface area contributed by atoms with Gasteiger partial charge in [-0.05, 0) is 34.1 Å². The second-order valence-electron chi connectivity index (χ2n) is 5.63. The summed E-state index contributed by atoms with van der Waals surface area (Å²) in [7, 11) is 0. The van der Waals surface area contributed by atoms with Gasteiger partial charge in [0.1, 0.15) is 0 Å². The van der Waals surface area contributed by atoms with Crippen LogP contribution in [0.3, 0.4) is 0 Å². The van der Waals surface area contributed by atoms with Crippen molar-refractivity contribution in [1.29, 1.82) is 0 Å². The Morgan fingerprint density at radius 2 is 1.83 bits per heavy atom. The van der Waals surface area contributed by atoms with Crippen molar-refractivity contribution < 1.29 is 14.7 Å². The maximum atomic E-state index is 11.8. The molecule has 0 bridgehead atoms. The predicted molar refractivity (Wildman–Crippen MR) is 69.3 cm³/mol. The van der Waals surface area contributed by atoms with Crippen LogP contribution in [-0.4, -0.2) is 57.5 Å². The van der Waals surface area contributed by atoms with Crippen molar-refractivity contribution >= 4 is 11.9 Å². The van der Waals surface area contributed by atoms with Gasteiger partial charge in [0.05, 0.1) is 0 Å². The first-order valence-corrected chi connectivity index (χ1v) is 6.49. The van der Waals surface area contributed by atoms with Gasteiger partial charge in [-0.2, -0.15) is 0 Å². The highest BCUT2D eigenvalue weighted by atomic mass is 16.4. The molecule has 0 saturated carbocycles. The third-order valence-electron chi connectivity index (χ3n) is 3.72. The van der Waals surface area contributed by atoms with E-state index in [1.807, 2.05) is 27.7 Å². The van der Waals surface area contributed by atoms with Gasteiger partial charge in [-0.1, -0.05) is 0 Å². The van der Waals surface area contributed by atoms with E-state index in [-0.39, 0.29) is 11.9 Å². The van der Waals surface area contributed by atoms with Crippen LogP contribution in [0.1, 0.15) is 41.0 Å². The molecule has 0 aromatic carbocycles. The van der Waals surface area contributed by atoms with Crippen LogP contribution in [0, 0.1) is 0 Å². The summed E-state index contributed by atoms with van der Waals surface area (Å²) < 4.78 is 0. The van der Waals surface area contributed by atoms with Gasteiger partial charge in [0, 0.05) is 32.1 Å². The van der Waals surface area contributed by atoms with Gasteiger partial charge in [-0.3, -0.25) is 9.69 Å². The minimum atomic E-state index is -1.07. The van der Waals surface area contributed by atoms with Gasteiger partial charge in [0.2, 0.25) is 5.91 Å². The number of hydrogen-bond donors (Lipinski definition) is 1. The summed E-state index contributed by atoms with van der Waals surface area (Å²) in [5.41, 5.74) is -1.07. The Kier molecular flexibility index (Phi) is 4.37. The summed E-state index contributed by atoms with van der Waals surface area (Å²) in [6, 6.07) is 0.193. The molecule has 0 spiro atoms. The highest BCUT2D eigenvalue weighted by Crippen LogP contribution is 2.31. The molecule has 1 heterocycles. The molecule has 1 aliphatic heterocycles. The van der Waals surface area contributed by atoms with Crippen LogP contribution >= 0.6 is 0 Å². The van der Waals surface area contributed by atoms with Crippen molar-refractivity contribution in [2.24, 2.45) is 0 Å². The Balaban J connectivity index is 3.09. The number of carboxylic acid groups (broad SMARTS) is 1. The van der Waals surface area contributed by atoms with Gasteiger partial charge >= 0.3 is 5.97 Å². The Morgan fingerprint density at radius 3 is 2.11 bits per heavy atom. The molecule has 18 heavy (non-hydrogen) atoms. The normalized spacial score (nSPS) is 24.8. The van der Waals surface area contributed by atoms with E-state index < -0.39 is 11.5 Å². The van der Waals surface area contributed by atoms with Crippen LogP contribution in [0.5, 0.6) is 0 Å². The van der Waals surface area contributed by atoms with E-state index >= 15 is 0 Å². The van der Waals surface area contributed by atoms with Gasteiger partial charge in [0.15, 0.2) is 5.54 Å². The summed E-state index contributed by atoms with van der Waals surface area (Å²) in [5, 5.41) is 9.61. The zero-order valence-corrected chi connectivity index (χ0v) is 11.9. The molecule has 1 rings (SSSR count). The van der Waals surface area contributed by atoms with Crippen LogP contribution < -0.4 is 0 Å². The zero-order valence-electron chi connectivity index (χ0n) is 11.9. The number of likely N-dealkylation sites (tertiary alicyclic amines) is 1. The fraction of sp³-hybridized carbons (Fsp3) is 0.846. The number of amides is 1. The van der Waals surface area contributed by atoms with Gasteiger partial charge < -0.3 is 10.0 Å². The van der Waals surface area contributed by atoms with Crippen molar-refractivity contribution in [1.82, 2.24) is 9.80 Å². The number of carboxylic acids is 1. The molecule has 1 aliphatic rings. The van der Waals surface area contributed by atoms with Crippen molar-refractivity contribution in [2.45, 2.75) is 58.7 Å². The molecule has 5 heteroatoms. The van der Waals surface area contributed by atoms with E-state index in [1.54, 1.807) is 0 Å². The van der Waals surface area contributed by atoms with E-state index in [4.69, 9.17) is 0 Å². The average molecular weight is 256 g/mol. The third-order valence-corrected chi connectivity index (χ3v) is 3.72. The largest absolute Gasteiger partial charge is 0.479 e. The molecule has 0 aromatic rings. The second-order valence-corrected chi connectivity index (χ2v) is 5.63. The van der Waals surface area contributed by atoms with E-state index in [2.05, 4.69) is 4.90 Å². The molecule has 0 aromatic heterocycles. The lowest BCUT2D eigenvalue weighted by Gasteiger charge is -2.40. The van der Waals surface area contributed by atoms with Gasteiger partial charge in [-0.15, -0.1) is 0 Å². The highest BCUT2D eigenvalue weighted by Gasteiger charge is 2.51. The number of rotatable bonds is 4. The first-order valence-electron chi connectivity index (χ1n) is 6.49. The lowest BCUT2D eigenvalue weighted by Crippen LogP contribution is -2.60. The predicted octanol–water partition coefficient (Wildman–Crippen LogP) is 1.18. The Hall–Kier alpha value is -1.10. The van der Waals surface area contributed by atoms with E-state index in [0.717, 1.165) is 6.54 Å². The van der Waals surface area contributed by atoms with Crippen LogP contribution in [0.2, 0.25) is 0 Å². The molecule has 104 valence electrons. The van der Waals surface area contributed by atoms with Crippen molar-refractivity contribution in [2.75, 3.05) is 13.1 Å². The first kappa shape index (κ1) is 15.0. The minimum Gasteiger partial charge on any atom is -0.479 e. The fourth-order valence-electron chi connectivity index (χ4n) is 2.90. The van der Waals surface area contributed by atoms with Gasteiger partial charge in [-0.25, -0.2) is 4.79 Å². The summed E-state index contributed by atoms with van der Waals surface area (Å²) in [5.74, 6) is -1.06. The topological polar surface area (TPSA) is 60.9 Å². The molecule has 0 radical (unpaired) electrons. The van der Waals surface area contributed by atoms with Crippen LogP contribution in [0.25, 0.3) is 0 Å². The Labute approximate surface area is 109 Å². The van der Waals surface area contributed by atoms with Crippen molar-refractivity contribution in [3.05, 3.63) is 0 Å². The number of carbonyl (C=O) groups is 2. The molecular formula is C13H24N2O3.